The fraction of sp³-hybridized carbons (Fsp3) is 1.00. The Morgan fingerprint density at radius 1 is 1.00 bits per heavy atom. The van der Waals surface area contributed by atoms with Crippen molar-refractivity contribution in [1.82, 2.24) is 4.90 Å². The van der Waals surface area contributed by atoms with E-state index in [4.69, 9.17) is 4.74 Å². The van der Waals surface area contributed by atoms with Crippen LogP contribution in [0.5, 0.6) is 0 Å². The van der Waals surface area contributed by atoms with Gasteiger partial charge in [0.25, 0.3) is 0 Å². The Hall–Kier alpha value is -0.120. The van der Waals surface area contributed by atoms with Gasteiger partial charge in [-0.05, 0) is 26.8 Å². The lowest BCUT2D eigenvalue weighted by atomic mass is 9.94. The molecule has 1 aliphatic rings. The van der Waals surface area contributed by atoms with Crippen molar-refractivity contribution in [3.8, 4) is 0 Å². The Morgan fingerprint density at radius 3 is 2.05 bits per heavy atom. The minimum Gasteiger partial charge on any atom is -0.391 e. The molecule has 20 heavy (non-hydrogen) atoms. The van der Waals surface area contributed by atoms with Gasteiger partial charge in [0.2, 0.25) is 0 Å². The molecule has 0 saturated heterocycles. The Bertz CT molecular complexity index is 235. The number of aliphatic hydroxyl groups excluding tert-OH is 1. The first-order valence-electron chi connectivity index (χ1n) is 8.55. The van der Waals surface area contributed by atoms with Gasteiger partial charge in [-0.25, -0.2) is 0 Å². The standard InChI is InChI=1S/C17H35NO2/c1-15(14-20-3)18(2)16-12-10-8-6-4-5-7-9-11-13-17(16)19/h15-17,19H,4-14H2,1-3H3. The highest BCUT2D eigenvalue weighted by Gasteiger charge is 2.26. The molecule has 1 fully saturated rings. The average Bonchev–Trinajstić information content (AvgIpc) is 2.42. The molecule has 0 aromatic carbocycles. The number of nitrogens with zero attached hydrogens (tertiary/aromatic N) is 1. The Labute approximate surface area is 125 Å². The van der Waals surface area contributed by atoms with Crippen molar-refractivity contribution in [3.05, 3.63) is 0 Å². The van der Waals surface area contributed by atoms with Crippen LogP contribution in [0.25, 0.3) is 0 Å². The number of aliphatic hydroxyl groups is 1. The molecule has 3 atom stereocenters. The van der Waals surface area contributed by atoms with Crippen LogP contribution in [0.1, 0.15) is 71.1 Å². The van der Waals surface area contributed by atoms with Gasteiger partial charge in [0, 0.05) is 19.2 Å². The number of likely N-dealkylation sites (N-methyl/N-ethyl adjacent to an activating group) is 1. The number of hydrogen-bond acceptors (Lipinski definition) is 3. The molecule has 1 rings (SSSR count). The second-order valence-electron chi connectivity index (χ2n) is 6.51. The van der Waals surface area contributed by atoms with Gasteiger partial charge in [-0.2, -0.15) is 0 Å². The van der Waals surface area contributed by atoms with E-state index in [0.29, 0.717) is 12.1 Å². The molecule has 0 aromatic rings. The van der Waals surface area contributed by atoms with E-state index in [1.54, 1.807) is 7.11 Å². The third-order valence-corrected chi connectivity index (χ3v) is 4.82. The summed E-state index contributed by atoms with van der Waals surface area (Å²) in [5.41, 5.74) is 0. The molecule has 3 heteroatoms. The van der Waals surface area contributed by atoms with E-state index in [2.05, 4.69) is 18.9 Å². The molecule has 0 bridgehead atoms. The predicted molar refractivity (Wildman–Crippen MR) is 85.1 cm³/mol. The van der Waals surface area contributed by atoms with E-state index in [1.165, 1.54) is 51.4 Å². The topological polar surface area (TPSA) is 32.7 Å². The molecule has 1 N–H and O–H groups in total. The second kappa shape index (κ2) is 10.6. The smallest absolute Gasteiger partial charge is 0.0695 e. The summed E-state index contributed by atoms with van der Waals surface area (Å²) >= 11 is 0. The van der Waals surface area contributed by atoms with Gasteiger partial charge in [-0.1, -0.05) is 51.4 Å². The van der Waals surface area contributed by atoms with Crippen LogP contribution >= 0.6 is 0 Å². The maximum atomic E-state index is 10.6. The monoisotopic (exact) mass is 285 g/mol. The number of hydrogen-bond donors (Lipinski definition) is 1. The van der Waals surface area contributed by atoms with Crippen molar-refractivity contribution in [2.45, 2.75) is 89.3 Å². The van der Waals surface area contributed by atoms with Crippen LogP contribution in [0.4, 0.5) is 0 Å². The summed E-state index contributed by atoms with van der Waals surface area (Å²) in [6.07, 6.45) is 12.4. The highest BCUT2D eigenvalue weighted by atomic mass is 16.5. The molecule has 3 unspecified atom stereocenters. The molecule has 1 saturated carbocycles. The zero-order valence-electron chi connectivity index (χ0n) is 13.8. The minimum atomic E-state index is -0.182. The van der Waals surface area contributed by atoms with Crippen molar-refractivity contribution >= 4 is 0 Å². The molecule has 0 aromatic heterocycles. The summed E-state index contributed by atoms with van der Waals surface area (Å²) in [6, 6.07) is 0.659. The fourth-order valence-corrected chi connectivity index (χ4v) is 3.31. The summed E-state index contributed by atoms with van der Waals surface area (Å²) < 4.78 is 5.26. The van der Waals surface area contributed by atoms with E-state index in [9.17, 15) is 5.11 Å². The third-order valence-electron chi connectivity index (χ3n) is 4.82. The molecular weight excluding hydrogens is 250 g/mol. The first kappa shape index (κ1) is 17.9. The first-order chi connectivity index (χ1) is 9.66. The maximum Gasteiger partial charge on any atom is 0.0695 e. The number of rotatable bonds is 4. The van der Waals surface area contributed by atoms with Gasteiger partial charge in [0.1, 0.15) is 0 Å². The van der Waals surface area contributed by atoms with Gasteiger partial charge in [0.15, 0.2) is 0 Å². The van der Waals surface area contributed by atoms with E-state index in [0.717, 1.165) is 19.4 Å². The molecule has 0 radical (unpaired) electrons. The van der Waals surface area contributed by atoms with Gasteiger partial charge < -0.3 is 9.84 Å². The molecule has 3 nitrogen and oxygen atoms in total. The van der Waals surface area contributed by atoms with Crippen LogP contribution in [-0.2, 0) is 4.74 Å². The summed E-state index contributed by atoms with van der Waals surface area (Å²) in [6.45, 7) is 2.92. The lowest BCUT2D eigenvalue weighted by Gasteiger charge is -2.36. The van der Waals surface area contributed by atoms with E-state index >= 15 is 0 Å². The van der Waals surface area contributed by atoms with E-state index in [1.807, 2.05) is 0 Å². The first-order valence-corrected chi connectivity index (χ1v) is 8.55. The molecular formula is C17H35NO2. The zero-order valence-corrected chi connectivity index (χ0v) is 13.8. The van der Waals surface area contributed by atoms with Crippen LogP contribution in [0.15, 0.2) is 0 Å². The van der Waals surface area contributed by atoms with Crippen molar-refractivity contribution in [2.24, 2.45) is 0 Å². The molecule has 0 heterocycles. The average molecular weight is 285 g/mol. The van der Waals surface area contributed by atoms with Crippen molar-refractivity contribution in [3.63, 3.8) is 0 Å². The van der Waals surface area contributed by atoms with Crippen molar-refractivity contribution in [1.29, 1.82) is 0 Å². The van der Waals surface area contributed by atoms with Crippen LogP contribution in [-0.4, -0.2) is 49.0 Å². The maximum absolute atomic E-state index is 10.6. The molecule has 1 aliphatic carbocycles. The van der Waals surface area contributed by atoms with Crippen LogP contribution < -0.4 is 0 Å². The predicted octanol–water partition coefficient (Wildman–Crippen LogP) is 3.60. The molecule has 0 aliphatic heterocycles. The van der Waals surface area contributed by atoms with E-state index in [-0.39, 0.29) is 6.10 Å². The number of ether oxygens (including phenoxy) is 1. The van der Waals surface area contributed by atoms with Crippen molar-refractivity contribution in [2.75, 3.05) is 20.8 Å². The van der Waals surface area contributed by atoms with Gasteiger partial charge >= 0.3 is 0 Å². The Kier molecular flexibility index (Phi) is 9.49. The van der Waals surface area contributed by atoms with Crippen molar-refractivity contribution < 1.29 is 9.84 Å². The van der Waals surface area contributed by atoms with Gasteiger partial charge in [-0.3, -0.25) is 4.90 Å². The second-order valence-corrected chi connectivity index (χ2v) is 6.51. The zero-order chi connectivity index (χ0) is 14.8. The third kappa shape index (κ3) is 6.55. The summed E-state index contributed by atoms with van der Waals surface area (Å²) in [7, 11) is 3.89. The van der Waals surface area contributed by atoms with Crippen LogP contribution in [0, 0.1) is 0 Å². The highest BCUT2D eigenvalue weighted by Crippen LogP contribution is 2.21. The molecule has 0 amide bonds. The lowest BCUT2D eigenvalue weighted by Crippen LogP contribution is -2.47. The van der Waals surface area contributed by atoms with Gasteiger partial charge in [-0.15, -0.1) is 0 Å². The quantitative estimate of drug-likeness (QED) is 0.856. The minimum absolute atomic E-state index is 0.182. The normalized spacial score (nSPS) is 28.6. The molecule has 120 valence electrons. The molecule has 0 spiro atoms. The largest absolute Gasteiger partial charge is 0.391 e. The van der Waals surface area contributed by atoms with Crippen LogP contribution in [0.3, 0.4) is 0 Å². The fourth-order valence-electron chi connectivity index (χ4n) is 3.31. The Morgan fingerprint density at radius 2 is 1.50 bits per heavy atom. The number of methoxy groups -OCH3 is 1. The van der Waals surface area contributed by atoms with Gasteiger partial charge in [0.05, 0.1) is 12.7 Å². The summed E-state index contributed by atoms with van der Waals surface area (Å²) in [4.78, 5) is 2.33. The SMILES string of the molecule is COCC(C)N(C)C1CCCCCCCCCCC1O. The summed E-state index contributed by atoms with van der Waals surface area (Å²) in [5, 5.41) is 10.6. The summed E-state index contributed by atoms with van der Waals surface area (Å²) in [5.74, 6) is 0. The van der Waals surface area contributed by atoms with Crippen LogP contribution in [0.2, 0.25) is 0 Å². The van der Waals surface area contributed by atoms with E-state index < -0.39 is 0 Å². The highest BCUT2D eigenvalue weighted by molar-refractivity contribution is 4.81. The lowest BCUT2D eigenvalue weighted by molar-refractivity contribution is 0.0110. The Balaban J connectivity index is 2.55.